The molecule has 1 fully saturated rings. The van der Waals surface area contributed by atoms with Gasteiger partial charge in [0, 0.05) is 47.6 Å². The summed E-state index contributed by atoms with van der Waals surface area (Å²) in [5, 5.41) is 11.9. The normalized spacial score (nSPS) is 16.4. The highest BCUT2D eigenvalue weighted by Gasteiger charge is 2.30. The van der Waals surface area contributed by atoms with Crippen molar-refractivity contribution in [2.75, 3.05) is 29.6 Å². The Morgan fingerprint density at radius 2 is 1.64 bits per heavy atom. The van der Waals surface area contributed by atoms with Gasteiger partial charge in [0.25, 0.3) is 5.69 Å². The van der Waals surface area contributed by atoms with Crippen molar-refractivity contribution in [3.8, 4) is 0 Å². The van der Waals surface area contributed by atoms with Crippen LogP contribution >= 0.6 is 0 Å². The predicted molar refractivity (Wildman–Crippen MR) is 127 cm³/mol. The smallest absolute Gasteiger partial charge is 0.293 e. The Labute approximate surface area is 192 Å². The van der Waals surface area contributed by atoms with E-state index in [1.165, 1.54) is 17.3 Å². The molecule has 0 bridgehead atoms. The quantitative estimate of drug-likeness (QED) is 0.321. The molecule has 0 amide bonds. The van der Waals surface area contributed by atoms with Gasteiger partial charge in [-0.25, -0.2) is 0 Å². The van der Waals surface area contributed by atoms with Gasteiger partial charge in [-0.1, -0.05) is 48.5 Å². The van der Waals surface area contributed by atoms with E-state index < -0.39 is 4.92 Å². The zero-order valence-electron chi connectivity index (χ0n) is 18.2. The number of ether oxygens (including phenoxy) is 1. The topological polar surface area (TPSA) is 75.9 Å². The molecular formula is C26H25N3O4. The lowest BCUT2D eigenvalue weighted by molar-refractivity contribution is -0.384. The highest BCUT2D eigenvalue weighted by molar-refractivity contribution is 6.09. The van der Waals surface area contributed by atoms with Crippen molar-refractivity contribution in [1.82, 2.24) is 0 Å². The molecule has 7 heteroatoms. The summed E-state index contributed by atoms with van der Waals surface area (Å²) in [6, 6.07) is 22.3. The first kappa shape index (κ1) is 21.2. The largest absolute Gasteiger partial charge is 0.366 e. The average molecular weight is 444 g/mol. The van der Waals surface area contributed by atoms with Crippen LogP contribution in [-0.4, -0.2) is 36.6 Å². The van der Waals surface area contributed by atoms with E-state index in [1.54, 1.807) is 36.4 Å². The van der Waals surface area contributed by atoms with Gasteiger partial charge in [0.05, 0.1) is 11.5 Å². The molecule has 3 aromatic rings. The first-order valence-corrected chi connectivity index (χ1v) is 11.2. The Morgan fingerprint density at radius 3 is 2.39 bits per heavy atom. The minimum Gasteiger partial charge on any atom is -0.366 e. The molecular weight excluding hydrogens is 418 g/mol. The number of para-hydroxylation sites is 1. The molecule has 5 rings (SSSR count). The molecule has 1 saturated heterocycles. The highest BCUT2D eigenvalue weighted by Crippen LogP contribution is 2.35. The lowest BCUT2D eigenvalue weighted by atomic mass is 9.99. The van der Waals surface area contributed by atoms with E-state index in [9.17, 15) is 14.9 Å². The number of hydrogen-bond donors (Lipinski definition) is 0. The minimum atomic E-state index is -0.391. The third-order valence-electron chi connectivity index (χ3n) is 6.51. The van der Waals surface area contributed by atoms with Gasteiger partial charge in [-0.05, 0) is 31.0 Å². The van der Waals surface area contributed by atoms with Crippen molar-refractivity contribution in [2.24, 2.45) is 0 Å². The number of piperidine rings is 1. The zero-order chi connectivity index (χ0) is 22.8. The minimum absolute atomic E-state index is 0.0260. The maximum atomic E-state index is 12.8. The van der Waals surface area contributed by atoms with E-state index in [4.69, 9.17) is 4.74 Å². The van der Waals surface area contributed by atoms with Gasteiger partial charge in [-0.2, -0.15) is 0 Å². The van der Waals surface area contributed by atoms with Crippen molar-refractivity contribution in [3.05, 3.63) is 99.6 Å². The standard InChI is InChI=1S/C26H25N3O4/c30-26(19-6-2-1-3-7-19)20-10-11-24(25(16-20)29(31)32)27-14-12-22(13-15-27)28-18-33-17-21-8-4-5-9-23(21)28/h1-11,16,22H,12-15,17-18H2. The molecule has 0 aliphatic carbocycles. The second-order valence-electron chi connectivity index (χ2n) is 8.45. The van der Waals surface area contributed by atoms with Crippen LogP contribution in [0.1, 0.15) is 34.3 Å². The van der Waals surface area contributed by atoms with Gasteiger partial charge in [-0.15, -0.1) is 0 Å². The van der Waals surface area contributed by atoms with Gasteiger partial charge in [-0.3, -0.25) is 14.9 Å². The Bertz CT molecular complexity index is 1170. The summed E-state index contributed by atoms with van der Waals surface area (Å²) < 4.78 is 5.79. The number of nitro benzene ring substituents is 1. The first-order chi connectivity index (χ1) is 16.1. The van der Waals surface area contributed by atoms with Crippen molar-refractivity contribution in [3.63, 3.8) is 0 Å². The van der Waals surface area contributed by atoms with E-state index in [-0.39, 0.29) is 11.5 Å². The Hall–Kier alpha value is -3.71. The number of nitrogens with zero attached hydrogens (tertiary/aromatic N) is 3. The van der Waals surface area contributed by atoms with Gasteiger partial charge >= 0.3 is 0 Å². The number of carbonyl (C=O) groups excluding carboxylic acids is 1. The van der Waals surface area contributed by atoms with Crippen LogP contribution in [0, 0.1) is 10.1 Å². The Balaban J connectivity index is 1.34. The third-order valence-corrected chi connectivity index (χ3v) is 6.51. The summed E-state index contributed by atoms with van der Waals surface area (Å²) in [7, 11) is 0. The van der Waals surface area contributed by atoms with Gasteiger partial charge in [0.15, 0.2) is 5.78 Å². The monoisotopic (exact) mass is 443 g/mol. The molecule has 7 nitrogen and oxygen atoms in total. The maximum Gasteiger partial charge on any atom is 0.293 e. The fourth-order valence-electron chi connectivity index (χ4n) is 4.79. The maximum absolute atomic E-state index is 12.8. The predicted octanol–water partition coefficient (Wildman–Crippen LogP) is 4.79. The summed E-state index contributed by atoms with van der Waals surface area (Å²) in [6.07, 6.45) is 1.75. The van der Waals surface area contributed by atoms with Gasteiger partial charge < -0.3 is 14.5 Å². The van der Waals surface area contributed by atoms with Crippen LogP contribution in [0.3, 0.4) is 0 Å². The Morgan fingerprint density at radius 1 is 0.909 bits per heavy atom. The van der Waals surface area contributed by atoms with Crippen LogP contribution in [0.25, 0.3) is 0 Å². The van der Waals surface area contributed by atoms with Crippen molar-refractivity contribution < 1.29 is 14.5 Å². The number of benzene rings is 3. The molecule has 168 valence electrons. The number of nitro groups is 1. The molecule has 0 aromatic heterocycles. The molecule has 0 atom stereocenters. The number of carbonyl (C=O) groups is 1. The number of fused-ring (bicyclic) bond motifs is 1. The molecule has 0 saturated carbocycles. The molecule has 2 heterocycles. The van der Waals surface area contributed by atoms with Crippen LogP contribution in [0.4, 0.5) is 17.1 Å². The molecule has 0 radical (unpaired) electrons. The van der Waals surface area contributed by atoms with Crippen LogP contribution in [0.5, 0.6) is 0 Å². The molecule has 3 aromatic carbocycles. The number of anilines is 2. The summed E-state index contributed by atoms with van der Waals surface area (Å²) in [5.41, 5.74) is 3.80. The average Bonchev–Trinajstić information content (AvgIpc) is 2.88. The number of hydrogen-bond acceptors (Lipinski definition) is 6. The summed E-state index contributed by atoms with van der Waals surface area (Å²) >= 11 is 0. The highest BCUT2D eigenvalue weighted by atomic mass is 16.6. The van der Waals surface area contributed by atoms with Gasteiger partial charge in [0.1, 0.15) is 12.4 Å². The molecule has 2 aliphatic heterocycles. The van der Waals surface area contributed by atoms with E-state index in [0.717, 1.165) is 12.8 Å². The molecule has 0 unspecified atom stereocenters. The Kier molecular flexibility index (Phi) is 5.79. The van der Waals surface area contributed by atoms with Crippen LogP contribution < -0.4 is 9.80 Å². The lowest BCUT2D eigenvalue weighted by Crippen LogP contribution is -2.47. The number of ketones is 1. The molecule has 0 spiro atoms. The number of rotatable bonds is 5. The SMILES string of the molecule is O=C(c1ccccc1)c1ccc(N2CCC(N3COCc4ccccc43)CC2)c([N+](=O)[O-])c1. The second-order valence-corrected chi connectivity index (χ2v) is 8.45. The summed E-state index contributed by atoms with van der Waals surface area (Å²) in [6.45, 7) is 2.61. The molecule has 2 aliphatic rings. The summed E-state index contributed by atoms with van der Waals surface area (Å²) in [5.74, 6) is -0.215. The van der Waals surface area contributed by atoms with Crippen molar-refractivity contribution in [1.29, 1.82) is 0 Å². The summed E-state index contributed by atoms with van der Waals surface area (Å²) in [4.78, 5) is 28.6. The molecule has 0 N–H and O–H groups in total. The van der Waals surface area contributed by atoms with Crippen LogP contribution in [0.15, 0.2) is 72.8 Å². The van der Waals surface area contributed by atoms with E-state index in [0.29, 0.717) is 49.3 Å². The van der Waals surface area contributed by atoms with E-state index >= 15 is 0 Å². The van der Waals surface area contributed by atoms with Crippen molar-refractivity contribution >= 4 is 22.8 Å². The molecule has 33 heavy (non-hydrogen) atoms. The van der Waals surface area contributed by atoms with Crippen LogP contribution in [-0.2, 0) is 11.3 Å². The lowest BCUT2D eigenvalue weighted by Gasteiger charge is -2.42. The third kappa shape index (κ3) is 4.19. The fourth-order valence-corrected chi connectivity index (χ4v) is 4.79. The van der Waals surface area contributed by atoms with E-state index in [2.05, 4.69) is 21.9 Å². The first-order valence-electron chi connectivity index (χ1n) is 11.2. The van der Waals surface area contributed by atoms with Gasteiger partial charge in [0.2, 0.25) is 0 Å². The van der Waals surface area contributed by atoms with Crippen LogP contribution in [0.2, 0.25) is 0 Å². The fraction of sp³-hybridized carbons (Fsp3) is 0.269. The second kappa shape index (κ2) is 9.03. The van der Waals surface area contributed by atoms with Crippen molar-refractivity contribution in [2.45, 2.75) is 25.5 Å². The zero-order valence-corrected chi connectivity index (χ0v) is 18.2. The van der Waals surface area contributed by atoms with E-state index in [1.807, 2.05) is 18.2 Å².